The topological polar surface area (TPSA) is 59.8 Å². The maximum atomic E-state index is 13.2. The number of anilines is 1. The van der Waals surface area contributed by atoms with Gasteiger partial charge in [-0.1, -0.05) is 27.7 Å². The third-order valence-electron chi connectivity index (χ3n) is 3.97. The molecule has 0 atom stereocenters. The van der Waals surface area contributed by atoms with E-state index in [1.54, 1.807) is 16.7 Å². The van der Waals surface area contributed by atoms with Crippen LogP contribution in [0.25, 0.3) is 5.69 Å². The Morgan fingerprint density at radius 3 is 2.41 bits per heavy atom. The predicted molar refractivity (Wildman–Crippen MR) is 109 cm³/mol. The number of aromatic nitrogens is 3. The zero-order chi connectivity index (χ0) is 19.6. The van der Waals surface area contributed by atoms with E-state index < -0.39 is 0 Å². The number of carbonyl (C=O) groups is 1. The van der Waals surface area contributed by atoms with Gasteiger partial charge in [0.2, 0.25) is 5.91 Å². The molecule has 27 heavy (non-hydrogen) atoms. The molecule has 0 unspecified atom stereocenters. The van der Waals surface area contributed by atoms with Crippen LogP contribution in [-0.4, -0.2) is 26.4 Å². The summed E-state index contributed by atoms with van der Waals surface area (Å²) in [5.74, 6) is 0.427. The van der Waals surface area contributed by atoms with Gasteiger partial charge in [-0.05, 0) is 68.3 Å². The molecule has 0 saturated heterocycles. The molecule has 1 amide bonds. The van der Waals surface area contributed by atoms with Gasteiger partial charge in [0.1, 0.15) is 11.6 Å². The first-order valence-corrected chi connectivity index (χ1v) is 10.0. The van der Waals surface area contributed by atoms with E-state index in [1.807, 2.05) is 32.9 Å². The molecule has 1 aromatic heterocycles. The van der Waals surface area contributed by atoms with Crippen molar-refractivity contribution in [3.05, 3.63) is 63.6 Å². The summed E-state index contributed by atoms with van der Waals surface area (Å²) in [5.41, 5.74) is 3.55. The molecule has 1 N–H and O–H groups in total. The van der Waals surface area contributed by atoms with E-state index in [0.717, 1.165) is 27.0 Å². The molecule has 5 nitrogen and oxygen atoms in total. The SMILES string of the molecule is Cc1cc(Br)cc(C)c1NC(=O)CSc1nnc(C)n1-c1ccc(F)cc1. The van der Waals surface area contributed by atoms with Crippen molar-refractivity contribution in [2.75, 3.05) is 11.1 Å². The fraction of sp³-hybridized carbons (Fsp3) is 0.211. The van der Waals surface area contributed by atoms with E-state index in [1.165, 1.54) is 23.9 Å². The van der Waals surface area contributed by atoms with Crippen molar-refractivity contribution in [1.82, 2.24) is 14.8 Å². The Balaban J connectivity index is 1.73. The highest BCUT2D eigenvalue weighted by atomic mass is 79.9. The summed E-state index contributed by atoms with van der Waals surface area (Å²) >= 11 is 4.74. The van der Waals surface area contributed by atoms with Crippen molar-refractivity contribution < 1.29 is 9.18 Å². The van der Waals surface area contributed by atoms with E-state index in [-0.39, 0.29) is 17.5 Å². The Morgan fingerprint density at radius 2 is 1.78 bits per heavy atom. The minimum Gasteiger partial charge on any atom is -0.325 e. The third kappa shape index (κ3) is 4.56. The fourth-order valence-electron chi connectivity index (χ4n) is 2.74. The van der Waals surface area contributed by atoms with Crippen LogP contribution < -0.4 is 5.32 Å². The smallest absolute Gasteiger partial charge is 0.234 e. The van der Waals surface area contributed by atoms with Gasteiger partial charge >= 0.3 is 0 Å². The molecule has 3 rings (SSSR count). The first-order valence-electron chi connectivity index (χ1n) is 8.22. The lowest BCUT2D eigenvalue weighted by atomic mass is 10.1. The van der Waals surface area contributed by atoms with Crippen LogP contribution in [0.5, 0.6) is 0 Å². The molecule has 0 fully saturated rings. The van der Waals surface area contributed by atoms with Crippen molar-refractivity contribution in [3.8, 4) is 5.69 Å². The standard InChI is InChI=1S/C19H18BrFN4OS/c1-11-8-14(20)9-12(2)18(11)22-17(26)10-27-19-24-23-13(3)25(19)16-6-4-15(21)5-7-16/h4-9H,10H2,1-3H3,(H,22,26). The molecular weight excluding hydrogens is 431 g/mol. The molecule has 140 valence electrons. The Labute approximate surface area is 169 Å². The summed E-state index contributed by atoms with van der Waals surface area (Å²) in [6.07, 6.45) is 0. The molecule has 2 aromatic carbocycles. The second kappa shape index (κ2) is 8.22. The molecule has 0 spiro atoms. The van der Waals surface area contributed by atoms with Gasteiger partial charge in [0, 0.05) is 15.8 Å². The van der Waals surface area contributed by atoms with Gasteiger partial charge in [-0.25, -0.2) is 4.39 Å². The number of rotatable bonds is 5. The number of hydrogen-bond donors (Lipinski definition) is 1. The van der Waals surface area contributed by atoms with Gasteiger partial charge in [0.25, 0.3) is 0 Å². The van der Waals surface area contributed by atoms with Crippen molar-refractivity contribution >= 4 is 39.3 Å². The molecular formula is C19H18BrFN4OS. The van der Waals surface area contributed by atoms with Crippen LogP contribution in [0.15, 0.2) is 46.0 Å². The zero-order valence-corrected chi connectivity index (χ0v) is 17.5. The lowest BCUT2D eigenvalue weighted by Gasteiger charge is -2.12. The average Bonchev–Trinajstić information content (AvgIpc) is 2.98. The van der Waals surface area contributed by atoms with Gasteiger partial charge in [-0.15, -0.1) is 10.2 Å². The fourth-order valence-corrected chi connectivity index (χ4v) is 4.22. The number of benzene rings is 2. The predicted octanol–water partition coefficient (Wildman–Crippen LogP) is 4.82. The van der Waals surface area contributed by atoms with Gasteiger partial charge in [0.05, 0.1) is 5.75 Å². The first-order chi connectivity index (χ1) is 12.8. The quantitative estimate of drug-likeness (QED) is 0.568. The van der Waals surface area contributed by atoms with E-state index in [9.17, 15) is 9.18 Å². The van der Waals surface area contributed by atoms with Gasteiger partial charge in [-0.2, -0.15) is 0 Å². The van der Waals surface area contributed by atoms with Crippen LogP contribution in [-0.2, 0) is 4.79 Å². The zero-order valence-electron chi connectivity index (χ0n) is 15.1. The molecule has 1 heterocycles. The van der Waals surface area contributed by atoms with Gasteiger partial charge in [0.15, 0.2) is 5.16 Å². The van der Waals surface area contributed by atoms with Crippen molar-refractivity contribution in [3.63, 3.8) is 0 Å². The van der Waals surface area contributed by atoms with Gasteiger partial charge < -0.3 is 5.32 Å². The summed E-state index contributed by atoms with van der Waals surface area (Å²) in [6, 6.07) is 10.0. The number of thioether (sulfide) groups is 1. The number of nitrogens with zero attached hydrogens (tertiary/aromatic N) is 3. The van der Waals surface area contributed by atoms with Crippen LogP contribution in [0, 0.1) is 26.6 Å². The molecule has 3 aromatic rings. The molecule has 0 radical (unpaired) electrons. The summed E-state index contributed by atoms with van der Waals surface area (Å²) < 4.78 is 16.0. The largest absolute Gasteiger partial charge is 0.325 e. The van der Waals surface area contributed by atoms with Crippen LogP contribution in [0.4, 0.5) is 10.1 Å². The highest BCUT2D eigenvalue weighted by Crippen LogP contribution is 2.26. The number of aryl methyl sites for hydroxylation is 3. The van der Waals surface area contributed by atoms with Crippen molar-refractivity contribution in [2.45, 2.75) is 25.9 Å². The Morgan fingerprint density at radius 1 is 1.15 bits per heavy atom. The van der Waals surface area contributed by atoms with Gasteiger partial charge in [-0.3, -0.25) is 9.36 Å². The van der Waals surface area contributed by atoms with Crippen molar-refractivity contribution in [2.24, 2.45) is 0 Å². The first kappa shape index (κ1) is 19.6. The number of nitrogens with one attached hydrogen (secondary N) is 1. The van der Waals surface area contributed by atoms with E-state index in [0.29, 0.717) is 11.0 Å². The third-order valence-corrected chi connectivity index (χ3v) is 5.36. The van der Waals surface area contributed by atoms with Crippen LogP contribution in [0.2, 0.25) is 0 Å². The molecule has 8 heteroatoms. The molecule has 0 bridgehead atoms. The lowest BCUT2D eigenvalue weighted by Crippen LogP contribution is -2.16. The maximum Gasteiger partial charge on any atom is 0.234 e. The number of halogens is 2. The molecule has 0 aliphatic carbocycles. The number of carbonyl (C=O) groups excluding carboxylic acids is 1. The molecule has 0 saturated carbocycles. The van der Waals surface area contributed by atoms with E-state index in [2.05, 4.69) is 31.4 Å². The number of amides is 1. The van der Waals surface area contributed by atoms with Crippen LogP contribution in [0.3, 0.4) is 0 Å². The Hall–Kier alpha value is -2.19. The normalized spacial score (nSPS) is 10.9. The maximum absolute atomic E-state index is 13.2. The van der Waals surface area contributed by atoms with E-state index >= 15 is 0 Å². The summed E-state index contributed by atoms with van der Waals surface area (Å²) in [5, 5.41) is 11.8. The van der Waals surface area contributed by atoms with Crippen LogP contribution in [0.1, 0.15) is 17.0 Å². The lowest BCUT2D eigenvalue weighted by molar-refractivity contribution is -0.113. The monoisotopic (exact) mass is 448 g/mol. The number of hydrogen-bond acceptors (Lipinski definition) is 4. The minimum atomic E-state index is -0.307. The second-order valence-corrected chi connectivity index (χ2v) is 7.95. The molecule has 0 aliphatic heterocycles. The highest BCUT2D eigenvalue weighted by Gasteiger charge is 2.15. The summed E-state index contributed by atoms with van der Waals surface area (Å²) in [6.45, 7) is 5.72. The highest BCUT2D eigenvalue weighted by molar-refractivity contribution is 9.10. The van der Waals surface area contributed by atoms with Crippen molar-refractivity contribution in [1.29, 1.82) is 0 Å². The Kier molecular flexibility index (Phi) is 5.96. The summed E-state index contributed by atoms with van der Waals surface area (Å²) in [7, 11) is 0. The molecule has 0 aliphatic rings. The minimum absolute atomic E-state index is 0.125. The van der Waals surface area contributed by atoms with E-state index in [4.69, 9.17) is 0 Å². The second-order valence-electron chi connectivity index (χ2n) is 6.09. The Bertz CT molecular complexity index is 965. The average molecular weight is 449 g/mol. The summed E-state index contributed by atoms with van der Waals surface area (Å²) in [4.78, 5) is 12.4. The van der Waals surface area contributed by atoms with Crippen LogP contribution >= 0.6 is 27.7 Å².